The third-order valence-electron chi connectivity index (χ3n) is 1.49. The van der Waals surface area contributed by atoms with E-state index in [9.17, 15) is 18.5 Å². The first-order chi connectivity index (χ1) is 6.37. The van der Waals surface area contributed by atoms with Crippen molar-refractivity contribution >= 4 is 28.2 Å². The quantitative estimate of drug-likeness (QED) is 0.604. The van der Waals surface area contributed by atoms with E-state index in [1.54, 1.807) is 0 Å². The van der Waals surface area contributed by atoms with E-state index in [-0.39, 0.29) is 12.4 Å². The largest absolute Gasteiger partial charge is 0.361 e. The number of nitrogens with one attached hydrogen (secondary N) is 1. The van der Waals surface area contributed by atoms with Crippen LogP contribution in [0.3, 0.4) is 0 Å². The Kier molecular flexibility index (Phi) is 4.19. The van der Waals surface area contributed by atoms with E-state index in [1.807, 2.05) is 0 Å². The van der Waals surface area contributed by atoms with Gasteiger partial charge in [-0.1, -0.05) is 0 Å². The second kappa shape index (κ2) is 4.55. The minimum Gasteiger partial charge on any atom is -0.358 e. The van der Waals surface area contributed by atoms with Crippen molar-refractivity contribution in [3.8, 4) is 0 Å². The number of H-pyrrole nitrogens is 1. The van der Waals surface area contributed by atoms with Gasteiger partial charge >= 0.3 is 5.82 Å². The molecule has 0 amide bonds. The lowest BCUT2D eigenvalue weighted by molar-refractivity contribution is -0.392. The van der Waals surface area contributed by atoms with Crippen molar-refractivity contribution in [1.29, 1.82) is 0 Å². The molecule has 1 N–H and O–H groups in total. The first-order valence-electron chi connectivity index (χ1n) is 3.47. The van der Waals surface area contributed by atoms with Gasteiger partial charge in [0.05, 0.1) is 0 Å². The summed E-state index contributed by atoms with van der Waals surface area (Å²) in [7, 11) is -1.32. The van der Waals surface area contributed by atoms with E-state index in [0.29, 0.717) is 0 Å². The summed E-state index contributed by atoms with van der Waals surface area (Å²) < 4.78 is 23.8. The Morgan fingerprint density at radius 3 is 2.47 bits per heavy atom. The summed E-state index contributed by atoms with van der Waals surface area (Å²) in [6.45, 7) is 0. The number of aromatic amines is 1. The van der Waals surface area contributed by atoms with Crippen molar-refractivity contribution in [1.82, 2.24) is 14.3 Å². The third kappa shape index (κ3) is 2.43. The van der Waals surface area contributed by atoms with E-state index in [2.05, 4.69) is 9.97 Å². The molecule has 0 aliphatic heterocycles. The number of halogens is 1. The number of nitro groups is 1. The van der Waals surface area contributed by atoms with Gasteiger partial charge in [-0.25, -0.2) is 17.7 Å². The molecule has 0 unspecified atom stereocenters. The molecule has 1 aromatic rings. The normalized spacial score (nSPS) is 11.1. The second-order valence-corrected chi connectivity index (χ2v) is 4.67. The van der Waals surface area contributed by atoms with Crippen molar-refractivity contribution < 1.29 is 13.3 Å². The van der Waals surface area contributed by atoms with E-state index in [1.165, 1.54) is 14.1 Å². The van der Waals surface area contributed by atoms with Crippen LogP contribution in [-0.4, -0.2) is 41.7 Å². The van der Waals surface area contributed by atoms with Gasteiger partial charge in [0.15, 0.2) is 6.33 Å². The molecule has 0 atom stereocenters. The van der Waals surface area contributed by atoms with Crippen molar-refractivity contribution in [2.45, 2.75) is 5.03 Å². The highest BCUT2D eigenvalue weighted by Crippen LogP contribution is 2.20. The van der Waals surface area contributed by atoms with E-state index >= 15 is 0 Å². The summed E-state index contributed by atoms with van der Waals surface area (Å²) >= 11 is 0. The minimum absolute atomic E-state index is 0. The Morgan fingerprint density at radius 1 is 1.53 bits per heavy atom. The van der Waals surface area contributed by atoms with Gasteiger partial charge < -0.3 is 10.1 Å². The fourth-order valence-electron chi connectivity index (χ4n) is 0.767. The number of hydrogen-bond acceptors (Lipinski definition) is 5. The van der Waals surface area contributed by atoms with Gasteiger partial charge in [-0.2, -0.15) is 4.98 Å². The highest BCUT2D eigenvalue weighted by Gasteiger charge is 2.30. The van der Waals surface area contributed by atoms with E-state index in [0.717, 1.165) is 10.6 Å². The lowest BCUT2D eigenvalue weighted by Gasteiger charge is -2.07. The molecule has 0 aromatic carbocycles. The molecule has 0 aliphatic rings. The lowest BCUT2D eigenvalue weighted by atomic mass is 10.8. The van der Waals surface area contributed by atoms with Crippen LogP contribution >= 0.6 is 12.4 Å². The average Bonchev–Trinajstić information content (AvgIpc) is 2.51. The van der Waals surface area contributed by atoms with Crippen LogP contribution in [0.1, 0.15) is 0 Å². The molecule has 0 saturated carbocycles. The summed E-state index contributed by atoms with van der Waals surface area (Å²) in [5.74, 6) is -0.626. The minimum atomic E-state index is -3.86. The van der Waals surface area contributed by atoms with Gasteiger partial charge in [-0.05, 0) is 4.92 Å². The third-order valence-corrected chi connectivity index (χ3v) is 3.24. The van der Waals surface area contributed by atoms with Crippen LogP contribution in [0.2, 0.25) is 0 Å². The zero-order chi connectivity index (χ0) is 10.9. The molecule has 1 heterocycles. The molecule has 8 nitrogen and oxygen atoms in total. The van der Waals surface area contributed by atoms with Crippen LogP contribution in [0, 0.1) is 10.1 Å². The Labute approximate surface area is 91.9 Å². The molecule has 0 radical (unpaired) electrons. The Hall–Kier alpha value is -1.19. The molecule has 1 rings (SSSR count). The summed E-state index contributed by atoms with van der Waals surface area (Å²) in [5.41, 5.74) is 0. The average molecular weight is 257 g/mol. The molecule has 86 valence electrons. The molecule has 0 spiro atoms. The molecular weight excluding hydrogens is 248 g/mol. The maximum Gasteiger partial charge on any atom is 0.361 e. The first kappa shape index (κ1) is 13.8. The van der Waals surface area contributed by atoms with Gasteiger partial charge in [0, 0.05) is 14.1 Å². The van der Waals surface area contributed by atoms with Crippen molar-refractivity contribution in [2.75, 3.05) is 14.1 Å². The maximum absolute atomic E-state index is 11.5. The highest BCUT2D eigenvalue weighted by atomic mass is 35.5. The number of sulfonamides is 1. The predicted molar refractivity (Wildman–Crippen MR) is 53.4 cm³/mol. The molecule has 0 fully saturated rings. The van der Waals surface area contributed by atoms with E-state index < -0.39 is 25.8 Å². The topological polar surface area (TPSA) is 109 Å². The SMILES string of the molecule is CN(C)S(=O)(=O)c1nc[nH]c1[N+](=O)[O-].Cl. The zero-order valence-electron chi connectivity index (χ0n) is 7.87. The summed E-state index contributed by atoms with van der Waals surface area (Å²) in [6, 6.07) is 0. The monoisotopic (exact) mass is 256 g/mol. The van der Waals surface area contributed by atoms with Gasteiger partial charge in [0.25, 0.3) is 15.0 Å². The van der Waals surface area contributed by atoms with Crippen LogP contribution < -0.4 is 0 Å². The summed E-state index contributed by atoms with van der Waals surface area (Å²) in [5, 5.41) is 9.83. The lowest BCUT2D eigenvalue weighted by Crippen LogP contribution is -2.23. The van der Waals surface area contributed by atoms with E-state index in [4.69, 9.17) is 0 Å². The molecule has 0 bridgehead atoms. The van der Waals surface area contributed by atoms with Crippen LogP contribution in [0.4, 0.5) is 5.82 Å². The number of imidazole rings is 1. The molecular formula is C5H9ClN4O4S. The van der Waals surface area contributed by atoms with Gasteiger partial charge in [0.1, 0.15) is 0 Å². The predicted octanol–water partition coefficient (Wildman–Crippen LogP) is -0.01000. The number of rotatable bonds is 3. The zero-order valence-corrected chi connectivity index (χ0v) is 9.50. The van der Waals surface area contributed by atoms with Gasteiger partial charge in [-0.15, -0.1) is 12.4 Å². The smallest absolute Gasteiger partial charge is 0.358 e. The Balaban J connectivity index is 0.00000196. The summed E-state index contributed by atoms with van der Waals surface area (Å²) in [4.78, 5) is 15.1. The van der Waals surface area contributed by atoms with Crippen molar-refractivity contribution in [2.24, 2.45) is 0 Å². The Morgan fingerprint density at radius 2 is 2.07 bits per heavy atom. The second-order valence-electron chi connectivity index (χ2n) is 2.60. The fraction of sp³-hybridized carbons (Fsp3) is 0.400. The molecule has 15 heavy (non-hydrogen) atoms. The van der Waals surface area contributed by atoms with Crippen LogP contribution in [-0.2, 0) is 10.0 Å². The standard InChI is InChI=1S/C5H8N4O4S.ClH/c1-8(2)14(12,13)5-4(9(10)11)6-3-7-5;/h3H,1-2H3,(H,6,7);1H. The highest BCUT2D eigenvalue weighted by molar-refractivity contribution is 7.89. The number of hydrogen-bond donors (Lipinski definition) is 1. The number of nitrogens with zero attached hydrogens (tertiary/aromatic N) is 3. The van der Waals surface area contributed by atoms with Crippen molar-refractivity contribution in [3.63, 3.8) is 0 Å². The molecule has 1 aromatic heterocycles. The first-order valence-corrected chi connectivity index (χ1v) is 4.91. The van der Waals surface area contributed by atoms with Gasteiger partial charge in [0.2, 0.25) is 0 Å². The maximum atomic E-state index is 11.5. The van der Waals surface area contributed by atoms with Crippen LogP contribution in [0.25, 0.3) is 0 Å². The van der Waals surface area contributed by atoms with Crippen LogP contribution in [0.15, 0.2) is 11.4 Å². The van der Waals surface area contributed by atoms with Gasteiger partial charge in [-0.3, -0.25) is 0 Å². The molecule has 10 heteroatoms. The fourth-order valence-corrected chi connectivity index (χ4v) is 1.68. The summed E-state index contributed by atoms with van der Waals surface area (Å²) in [6.07, 6.45) is 0.967. The van der Waals surface area contributed by atoms with Crippen molar-refractivity contribution in [3.05, 3.63) is 16.4 Å². The van der Waals surface area contributed by atoms with Crippen LogP contribution in [0.5, 0.6) is 0 Å². The Bertz CT molecular complexity index is 453. The molecule has 0 saturated heterocycles. The number of aromatic nitrogens is 2. The molecule has 0 aliphatic carbocycles.